The number of allylic oxidation sites excluding steroid dienone is 2. The van der Waals surface area contributed by atoms with Gasteiger partial charge in [-0.3, -0.25) is 9.59 Å². The van der Waals surface area contributed by atoms with Crippen molar-refractivity contribution in [3.63, 3.8) is 0 Å². The number of hydrogen-bond acceptors (Lipinski definition) is 4. The lowest BCUT2D eigenvalue weighted by molar-refractivity contribution is -0.123. The Bertz CT molecular complexity index is 804. The molecule has 5 nitrogen and oxygen atoms in total. The molecule has 1 spiro atoms. The molecular weight excluding hydrogens is 318 g/mol. The van der Waals surface area contributed by atoms with Crippen molar-refractivity contribution in [2.75, 3.05) is 11.5 Å². The van der Waals surface area contributed by atoms with E-state index in [9.17, 15) is 14.4 Å². The van der Waals surface area contributed by atoms with Crippen LogP contribution in [0.2, 0.25) is 0 Å². The molecule has 1 aromatic rings. The maximum absolute atomic E-state index is 13.1. The van der Waals surface area contributed by atoms with E-state index in [1.165, 1.54) is 4.90 Å². The van der Waals surface area contributed by atoms with E-state index in [4.69, 9.17) is 4.74 Å². The zero-order valence-electron chi connectivity index (χ0n) is 14.0. The van der Waals surface area contributed by atoms with Gasteiger partial charge in [0, 0.05) is 0 Å². The highest BCUT2D eigenvalue weighted by Gasteiger charge is 2.73. The Morgan fingerprint density at radius 1 is 1.16 bits per heavy atom. The minimum Gasteiger partial charge on any atom is -0.462 e. The lowest BCUT2D eigenvalue weighted by atomic mass is 9.85. The molecule has 5 heteroatoms. The Morgan fingerprint density at radius 2 is 1.80 bits per heavy atom. The summed E-state index contributed by atoms with van der Waals surface area (Å²) in [6.07, 6.45) is 6.56. The molecule has 4 aliphatic rings. The van der Waals surface area contributed by atoms with Gasteiger partial charge in [0.1, 0.15) is 0 Å². The molecule has 2 bridgehead atoms. The number of esters is 1. The van der Waals surface area contributed by atoms with Crippen molar-refractivity contribution >= 4 is 23.5 Å². The number of anilines is 1. The summed E-state index contributed by atoms with van der Waals surface area (Å²) in [7, 11) is 0. The molecule has 1 heterocycles. The normalized spacial score (nSPS) is 33.2. The molecule has 5 rings (SSSR count). The Balaban J connectivity index is 1.49. The molecule has 1 aliphatic heterocycles. The van der Waals surface area contributed by atoms with Crippen molar-refractivity contribution in [2.24, 2.45) is 29.1 Å². The van der Waals surface area contributed by atoms with Gasteiger partial charge in [-0.25, -0.2) is 9.69 Å². The van der Waals surface area contributed by atoms with E-state index in [-0.39, 0.29) is 47.5 Å². The van der Waals surface area contributed by atoms with Gasteiger partial charge in [0.25, 0.3) is 0 Å². The molecule has 2 saturated carbocycles. The summed E-state index contributed by atoms with van der Waals surface area (Å²) in [6, 6.07) is 6.61. The Hall–Kier alpha value is -2.43. The fourth-order valence-electron chi connectivity index (χ4n) is 5.32. The number of ether oxygens (including phenoxy) is 1. The largest absolute Gasteiger partial charge is 0.462 e. The second kappa shape index (κ2) is 4.81. The SMILES string of the molecule is CCOC(=O)c1cccc(N2C(=O)[C@H]3[C@H](C2=O)[C@@H]2C=C[C@H]3C23CC3)c1. The van der Waals surface area contributed by atoms with Gasteiger partial charge in [-0.2, -0.15) is 0 Å². The van der Waals surface area contributed by atoms with Crippen LogP contribution in [0, 0.1) is 29.1 Å². The number of benzene rings is 1. The van der Waals surface area contributed by atoms with E-state index in [0.717, 1.165) is 12.8 Å². The average Bonchev–Trinajstić information content (AvgIpc) is 3.20. The van der Waals surface area contributed by atoms with Crippen molar-refractivity contribution in [3.8, 4) is 0 Å². The second-order valence-corrected chi connectivity index (χ2v) is 7.50. The number of fused-ring (bicyclic) bond motifs is 3. The average molecular weight is 337 g/mol. The van der Waals surface area contributed by atoms with E-state index in [2.05, 4.69) is 12.2 Å². The quantitative estimate of drug-likeness (QED) is 0.483. The van der Waals surface area contributed by atoms with Gasteiger partial charge in [-0.05, 0) is 55.2 Å². The van der Waals surface area contributed by atoms with Crippen LogP contribution in [0.5, 0.6) is 0 Å². The van der Waals surface area contributed by atoms with Crippen molar-refractivity contribution in [3.05, 3.63) is 42.0 Å². The van der Waals surface area contributed by atoms with Gasteiger partial charge < -0.3 is 4.74 Å². The van der Waals surface area contributed by atoms with Crippen LogP contribution in [0.15, 0.2) is 36.4 Å². The molecule has 25 heavy (non-hydrogen) atoms. The topological polar surface area (TPSA) is 63.7 Å². The van der Waals surface area contributed by atoms with Gasteiger partial charge in [-0.15, -0.1) is 0 Å². The number of carbonyl (C=O) groups is 3. The van der Waals surface area contributed by atoms with Crippen LogP contribution in [0.1, 0.15) is 30.1 Å². The molecule has 0 unspecified atom stereocenters. The smallest absolute Gasteiger partial charge is 0.338 e. The predicted molar refractivity (Wildman–Crippen MR) is 89.7 cm³/mol. The fraction of sp³-hybridized carbons (Fsp3) is 0.450. The zero-order chi connectivity index (χ0) is 17.3. The molecule has 1 aromatic carbocycles. The first-order valence-corrected chi connectivity index (χ1v) is 8.92. The first kappa shape index (κ1) is 14.9. The Labute approximate surface area is 145 Å². The van der Waals surface area contributed by atoms with Crippen molar-refractivity contribution < 1.29 is 19.1 Å². The Kier molecular flexibility index (Phi) is 2.86. The molecule has 3 fully saturated rings. The summed E-state index contributed by atoms with van der Waals surface area (Å²) in [5.74, 6) is -0.706. The van der Waals surface area contributed by atoms with Crippen LogP contribution in [0.4, 0.5) is 5.69 Å². The molecule has 4 atom stereocenters. The summed E-state index contributed by atoms with van der Waals surface area (Å²) in [5, 5.41) is 0. The third-order valence-corrected chi connectivity index (χ3v) is 6.47. The monoisotopic (exact) mass is 337 g/mol. The number of nitrogens with zero attached hydrogens (tertiary/aromatic N) is 1. The summed E-state index contributed by atoms with van der Waals surface area (Å²) in [4.78, 5) is 39.4. The highest BCUT2D eigenvalue weighted by Crippen LogP contribution is 2.73. The van der Waals surface area contributed by atoms with Gasteiger partial charge in [0.05, 0.1) is 29.7 Å². The highest BCUT2D eigenvalue weighted by atomic mass is 16.5. The Morgan fingerprint density at radius 3 is 2.36 bits per heavy atom. The molecule has 128 valence electrons. The van der Waals surface area contributed by atoms with Gasteiger partial charge in [0.2, 0.25) is 11.8 Å². The predicted octanol–water partition coefficient (Wildman–Crippen LogP) is 2.56. The highest BCUT2D eigenvalue weighted by molar-refractivity contribution is 6.23. The summed E-state index contributed by atoms with van der Waals surface area (Å²) < 4.78 is 5.02. The minimum atomic E-state index is -0.442. The van der Waals surface area contributed by atoms with Crippen LogP contribution in [0.3, 0.4) is 0 Å². The number of hydrogen-bond donors (Lipinski definition) is 0. The van der Waals surface area contributed by atoms with Crippen LogP contribution >= 0.6 is 0 Å². The summed E-state index contributed by atoms with van der Waals surface area (Å²) in [5.41, 5.74) is 1.02. The second-order valence-electron chi connectivity index (χ2n) is 7.50. The standard InChI is InChI=1S/C20H19NO4/c1-2-25-19(24)11-4-3-5-12(10-11)21-17(22)15-13-6-7-14(16(15)18(21)23)20(13)8-9-20/h3-7,10,13-16H,2,8-9H2,1H3/t13-,14+,15-,16-/m1/s1. The van der Waals surface area contributed by atoms with Crippen LogP contribution in [-0.2, 0) is 14.3 Å². The molecule has 3 aliphatic carbocycles. The molecule has 0 radical (unpaired) electrons. The number of imide groups is 1. The number of rotatable bonds is 3. The minimum absolute atomic E-state index is 0.112. The molecular formula is C20H19NO4. The maximum Gasteiger partial charge on any atom is 0.338 e. The van der Waals surface area contributed by atoms with Gasteiger partial charge in [-0.1, -0.05) is 18.2 Å². The lowest BCUT2D eigenvalue weighted by Crippen LogP contribution is -2.34. The van der Waals surface area contributed by atoms with Crippen molar-refractivity contribution in [2.45, 2.75) is 19.8 Å². The van der Waals surface area contributed by atoms with Gasteiger partial charge in [0.15, 0.2) is 0 Å². The fourth-order valence-corrected chi connectivity index (χ4v) is 5.32. The van der Waals surface area contributed by atoms with E-state index >= 15 is 0 Å². The van der Waals surface area contributed by atoms with E-state index in [1.807, 2.05) is 0 Å². The number of amides is 2. The summed E-state index contributed by atoms with van der Waals surface area (Å²) in [6.45, 7) is 2.03. The van der Waals surface area contributed by atoms with Gasteiger partial charge >= 0.3 is 5.97 Å². The number of carbonyl (C=O) groups excluding carboxylic acids is 3. The zero-order valence-corrected chi connectivity index (χ0v) is 14.0. The molecule has 2 amide bonds. The molecule has 1 saturated heterocycles. The first-order valence-electron chi connectivity index (χ1n) is 8.92. The van der Waals surface area contributed by atoms with E-state index < -0.39 is 5.97 Å². The van der Waals surface area contributed by atoms with E-state index in [0.29, 0.717) is 11.3 Å². The van der Waals surface area contributed by atoms with Crippen molar-refractivity contribution in [1.29, 1.82) is 0 Å². The van der Waals surface area contributed by atoms with Crippen LogP contribution in [-0.4, -0.2) is 24.4 Å². The molecule has 0 N–H and O–H groups in total. The van der Waals surface area contributed by atoms with Crippen LogP contribution in [0.25, 0.3) is 0 Å². The lowest BCUT2D eigenvalue weighted by Gasteiger charge is -2.22. The maximum atomic E-state index is 13.1. The van der Waals surface area contributed by atoms with Crippen LogP contribution < -0.4 is 4.90 Å². The summed E-state index contributed by atoms with van der Waals surface area (Å²) >= 11 is 0. The first-order chi connectivity index (χ1) is 12.1. The third kappa shape index (κ3) is 1.76. The molecule has 0 aromatic heterocycles. The van der Waals surface area contributed by atoms with E-state index in [1.54, 1.807) is 31.2 Å². The van der Waals surface area contributed by atoms with Crippen molar-refractivity contribution in [1.82, 2.24) is 0 Å². The third-order valence-electron chi connectivity index (χ3n) is 6.47.